The third-order valence-corrected chi connectivity index (χ3v) is 2.24. The zero-order chi connectivity index (χ0) is 12.2. The van der Waals surface area contributed by atoms with Gasteiger partial charge in [0.05, 0.1) is 12.2 Å². The van der Waals surface area contributed by atoms with Gasteiger partial charge < -0.3 is 5.11 Å². The molecule has 16 heavy (non-hydrogen) atoms. The molecule has 1 N–H and O–H groups in total. The maximum absolute atomic E-state index is 12.6. The SMILES string of the molecule is CN(CCO)Cc1ccccc1C(F)(F)F. The van der Waals surface area contributed by atoms with Crippen LogP contribution in [0.4, 0.5) is 13.2 Å². The van der Waals surface area contributed by atoms with E-state index in [1.54, 1.807) is 18.0 Å². The molecule has 2 nitrogen and oxygen atoms in total. The summed E-state index contributed by atoms with van der Waals surface area (Å²) in [6.45, 7) is 0.465. The Labute approximate surface area is 92.3 Å². The van der Waals surface area contributed by atoms with E-state index in [0.717, 1.165) is 6.07 Å². The third kappa shape index (κ3) is 3.50. The Balaban J connectivity index is 2.87. The molecule has 0 bridgehead atoms. The smallest absolute Gasteiger partial charge is 0.395 e. The Kier molecular flexibility index (Phi) is 4.32. The van der Waals surface area contributed by atoms with E-state index in [1.807, 2.05) is 0 Å². The molecule has 0 saturated heterocycles. The van der Waals surface area contributed by atoms with Crippen molar-refractivity contribution < 1.29 is 18.3 Å². The molecular formula is C11H14F3NO. The highest BCUT2D eigenvalue weighted by molar-refractivity contribution is 5.29. The predicted octanol–water partition coefficient (Wildman–Crippen LogP) is 2.13. The lowest BCUT2D eigenvalue weighted by atomic mass is 10.1. The molecule has 1 aromatic carbocycles. The predicted molar refractivity (Wildman–Crippen MR) is 54.9 cm³/mol. The average molecular weight is 233 g/mol. The van der Waals surface area contributed by atoms with Crippen LogP contribution in [0.1, 0.15) is 11.1 Å². The second-order valence-corrected chi connectivity index (χ2v) is 3.62. The van der Waals surface area contributed by atoms with E-state index in [0.29, 0.717) is 6.54 Å². The first-order chi connectivity index (χ1) is 7.45. The Morgan fingerprint density at radius 2 is 1.88 bits per heavy atom. The van der Waals surface area contributed by atoms with Crippen molar-refractivity contribution in [1.82, 2.24) is 4.90 Å². The molecule has 0 amide bonds. The van der Waals surface area contributed by atoms with Gasteiger partial charge in [-0.1, -0.05) is 18.2 Å². The molecule has 0 radical (unpaired) electrons. The first kappa shape index (κ1) is 13.0. The fraction of sp³-hybridized carbons (Fsp3) is 0.455. The van der Waals surface area contributed by atoms with Crippen LogP contribution in [-0.2, 0) is 12.7 Å². The maximum Gasteiger partial charge on any atom is 0.416 e. The third-order valence-electron chi connectivity index (χ3n) is 2.24. The number of rotatable bonds is 4. The second kappa shape index (κ2) is 5.32. The summed E-state index contributed by atoms with van der Waals surface area (Å²) < 4.78 is 37.9. The first-order valence-corrected chi connectivity index (χ1v) is 4.89. The summed E-state index contributed by atoms with van der Waals surface area (Å²) in [4.78, 5) is 1.64. The summed E-state index contributed by atoms with van der Waals surface area (Å²) in [6.07, 6.45) is -4.32. The number of hydrogen-bond donors (Lipinski definition) is 1. The first-order valence-electron chi connectivity index (χ1n) is 4.89. The van der Waals surface area contributed by atoms with Gasteiger partial charge in [0, 0.05) is 13.1 Å². The van der Waals surface area contributed by atoms with Gasteiger partial charge in [0.1, 0.15) is 0 Å². The Bertz CT molecular complexity index is 338. The van der Waals surface area contributed by atoms with Crippen LogP contribution in [0.15, 0.2) is 24.3 Å². The lowest BCUT2D eigenvalue weighted by Gasteiger charge is -2.18. The van der Waals surface area contributed by atoms with Crippen LogP contribution < -0.4 is 0 Å². The van der Waals surface area contributed by atoms with Gasteiger partial charge in [0.2, 0.25) is 0 Å². The van der Waals surface area contributed by atoms with E-state index in [9.17, 15) is 13.2 Å². The van der Waals surface area contributed by atoms with Gasteiger partial charge in [-0.05, 0) is 18.7 Å². The zero-order valence-electron chi connectivity index (χ0n) is 8.96. The lowest BCUT2D eigenvalue weighted by Crippen LogP contribution is -2.23. The molecule has 0 spiro atoms. The van der Waals surface area contributed by atoms with E-state index in [-0.39, 0.29) is 18.7 Å². The van der Waals surface area contributed by atoms with Gasteiger partial charge in [0.15, 0.2) is 0 Å². The number of halogens is 3. The second-order valence-electron chi connectivity index (χ2n) is 3.62. The minimum absolute atomic E-state index is 0.0648. The number of alkyl halides is 3. The Morgan fingerprint density at radius 1 is 1.25 bits per heavy atom. The molecule has 0 heterocycles. The number of likely N-dealkylation sites (N-methyl/N-ethyl adjacent to an activating group) is 1. The highest BCUT2D eigenvalue weighted by Crippen LogP contribution is 2.32. The molecule has 0 fully saturated rings. The van der Waals surface area contributed by atoms with Crippen molar-refractivity contribution in [3.05, 3.63) is 35.4 Å². The van der Waals surface area contributed by atoms with Gasteiger partial charge in [-0.15, -0.1) is 0 Å². The molecule has 0 aliphatic heterocycles. The standard InChI is InChI=1S/C11H14F3NO/c1-15(6-7-16)8-9-4-2-3-5-10(9)11(12,13)14/h2-5,16H,6-8H2,1H3. The fourth-order valence-electron chi connectivity index (χ4n) is 1.48. The summed E-state index contributed by atoms with van der Waals surface area (Å²) in [5.41, 5.74) is -0.384. The topological polar surface area (TPSA) is 23.5 Å². The van der Waals surface area contributed by atoms with E-state index in [1.165, 1.54) is 12.1 Å². The van der Waals surface area contributed by atoms with Crippen LogP contribution in [0.3, 0.4) is 0 Å². The van der Waals surface area contributed by atoms with Crippen molar-refractivity contribution in [2.75, 3.05) is 20.2 Å². The number of aliphatic hydroxyl groups is 1. The molecule has 0 atom stereocenters. The van der Waals surface area contributed by atoms with Crippen molar-refractivity contribution in [2.24, 2.45) is 0 Å². The van der Waals surface area contributed by atoms with Crippen molar-refractivity contribution in [3.63, 3.8) is 0 Å². The molecule has 1 aromatic rings. The van der Waals surface area contributed by atoms with E-state index >= 15 is 0 Å². The van der Waals surface area contributed by atoms with Gasteiger partial charge in [0.25, 0.3) is 0 Å². The minimum Gasteiger partial charge on any atom is -0.395 e. The van der Waals surface area contributed by atoms with Gasteiger partial charge in [-0.2, -0.15) is 13.2 Å². The minimum atomic E-state index is -4.32. The number of aliphatic hydroxyl groups excluding tert-OH is 1. The summed E-state index contributed by atoms with van der Waals surface area (Å²) in [7, 11) is 1.67. The monoisotopic (exact) mass is 233 g/mol. The Morgan fingerprint density at radius 3 is 2.44 bits per heavy atom. The molecular weight excluding hydrogens is 219 g/mol. The fourth-order valence-corrected chi connectivity index (χ4v) is 1.48. The largest absolute Gasteiger partial charge is 0.416 e. The normalized spacial score (nSPS) is 12.1. The van der Waals surface area contributed by atoms with Gasteiger partial charge in [-0.3, -0.25) is 4.90 Å². The molecule has 90 valence electrons. The van der Waals surface area contributed by atoms with Crippen LogP contribution in [0.2, 0.25) is 0 Å². The summed E-state index contributed by atoms with van der Waals surface area (Å²) in [6, 6.07) is 5.48. The van der Waals surface area contributed by atoms with Crippen molar-refractivity contribution in [1.29, 1.82) is 0 Å². The van der Waals surface area contributed by atoms with Crippen molar-refractivity contribution in [2.45, 2.75) is 12.7 Å². The van der Waals surface area contributed by atoms with Crippen LogP contribution >= 0.6 is 0 Å². The highest BCUT2D eigenvalue weighted by Gasteiger charge is 2.32. The molecule has 0 aliphatic carbocycles. The molecule has 0 unspecified atom stereocenters. The van der Waals surface area contributed by atoms with Crippen LogP contribution in [0, 0.1) is 0 Å². The van der Waals surface area contributed by atoms with Gasteiger partial charge in [-0.25, -0.2) is 0 Å². The summed E-state index contributed by atoms with van der Waals surface area (Å²) in [5, 5.41) is 8.68. The maximum atomic E-state index is 12.6. The number of nitrogens with zero attached hydrogens (tertiary/aromatic N) is 1. The molecule has 0 aliphatic rings. The molecule has 0 saturated carbocycles. The van der Waals surface area contributed by atoms with Crippen molar-refractivity contribution in [3.8, 4) is 0 Å². The van der Waals surface area contributed by atoms with E-state index in [2.05, 4.69) is 0 Å². The molecule has 1 rings (SSSR count). The van der Waals surface area contributed by atoms with Crippen LogP contribution in [-0.4, -0.2) is 30.2 Å². The van der Waals surface area contributed by atoms with Crippen LogP contribution in [0.25, 0.3) is 0 Å². The van der Waals surface area contributed by atoms with Gasteiger partial charge >= 0.3 is 6.18 Å². The zero-order valence-corrected chi connectivity index (χ0v) is 8.96. The van der Waals surface area contributed by atoms with Crippen LogP contribution in [0.5, 0.6) is 0 Å². The highest BCUT2D eigenvalue weighted by atomic mass is 19.4. The number of hydrogen-bond acceptors (Lipinski definition) is 2. The van der Waals surface area contributed by atoms with E-state index in [4.69, 9.17) is 5.11 Å². The molecule has 0 aromatic heterocycles. The lowest BCUT2D eigenvalue weighted by molar-refractivity contribution is -0.138. The van der Waals surface area contributed by atoms with Crippen molar-refractivity contribution >= 4 is 0 Å². The van der Waals surface area contributed by atoms with E-state index < -0.39 is 11.7 Å². The Hall–Kier alpha value is -1.07. The quantitative estimate of drug-likeness (QED) is 0.861. The summed E-state index contributed by atoms with van der Waals surface area (Å²) in [5.74, 6) is 0. The summed E-state index contributed by atoms with van der Waals surface area (Å²) >= 11 is 0. The average Bonchev–Trinajstić information content (AvgIpc) is 2.17. The molecule has 5 heteroatoms. The number of benzene rings is 1.